The fraction of sp³-hybridized carbons (Fsp3) is 0.160. The second-order valence-corrected chi connectivity index (χ2v) is 7.46. The number of hydrogen-bond acceptors (Lipinski definition) is 3. The minimum absolute atomic E-state index is 0.0600. The van der Waals surface area contributed by atoms with Gasteiger partial charge in [-0.15, -0.1) is 0 Å². The van der Waals surface area contributed by atoms with E-state index in [0.29, 0.717) is 13.0 Å². The molecule has 3 aromatic carbocycles. The van der Waals surface area contributed by atoms with E-state index in [1.165, 1.54) is 11.1 Å². The van der Waals surface area contributed by atoms with Crippen LogP contribution in [0.25, 0.3) is 22.3 Å². The predicted molar refractivity (Wildman–Crippen MR) is 119 cm³/mol. The van der Waals surface area contributed by atoms with Crippen molar-refractivity contribution in [3.05, 3.63) is 84.4 Å². The van der Waals surface area contributed by atoms with Gasteiger partial charge in [-0.25, -0.2) is 4.79 Å². The molecule has 1 saturated heterocycles. The van der Waals surface area contributed by atoms with Crippen LogP contribution in [0.5, 0.6) is 0 Å². The molecule has 6 nitrogen and oxygen atoms in total. The molecule has 0 bridgehead atoms. The Morgan fingerprint density at radius 1 is 0.774 bits per heavy atom. The molecule has 4 rings (SSSR count). The van der Waals surface area contributed by atoms with Gasteiger partial charge in [-0.2, -0.15) is 0 Å². The van der Waals surface area contributed by atoms with Crippen molar-refractivity contribution < 1.29 is 14.4 Å². The first-order valence-corrected chi connectivity index (χ1v) is 10.2. The number of carbonyl (C=O) groups excluding carboxylic acids is 3. The zero-order valence-electron chi connectivity index (χ0n) is 16.9. The van der Waals surface area contributed by atoms with Crippen molar-refractivity contribution in [2.24, 2.45) is 0 Å². The van der Waals surface area contributed by atoms with Gasteiger partial charge in [0.05, 0.1) is 6.42 Å². The molecule has 0 radical (unpaired) electrons. The smallest absolute Gasteiger partial charge is 0.322 e. The maximum atomic E-state index is 12.0. The highest BCUT2D eigenvalue weighted by molar-refractivity contribution is 6.05. The fourth-order valence-electron chi connectivity index (χ4n) is 3.56. The quantitative estimate of drug-likeness (QED) is 0.520. The van der Waals surface area contributed by atoms with E-state index in [4.69, 9.17) is 0 Å². The standard InChI is InChI=1S/C25H23N3O3/c29-23(16-22-24(30)28-25(31)27-22)26-15-14-17-6-8-19(9-7-17)21-12-10-20(11-13-21)18-4-2-1-3-5-18/h1-13,22H,14-16H2,(H,26,29)(H2,27,28,30,31). The van der Waals surface area contributed by atoms with Gasteiger partial charge in [-0.3, -0.25) is 14.9 Å². The molecule has 3 aromatic rings. The van der Waals surface area contributed by atoms with Crippen LogP contribution in [0.2, 0.25) is 0 Å². The van der Waals surface area contributed by atoms with Crippen LogP contribution in [-0.4, -0.2) is 30.4 Å². The number of imide groups is 1. The summed E-state index contributed by atoms with van der Waals surface area (Å²) in [5, 5.41) is 7.32. The molecule has 1 unspecified atom stereocenters. The Kier molecular flexibility index (Phi) is 6.08. The summed E-state index contributed by atoms with van der Waals surface area (Å²) < 4.78 is 0. The van der Waals surface area contributed by atoms with Crippen LogP contribution < -0.4 is 16.0 Å². The van der Waals surface area contributed by atoms with Gasteiger partial charge in [0.25, 0.3) is 5.91 Å². The minimum atomic E-state index is -0.792. The number of rotatable bonds is 7. The first-order valence-electron chi connectivity index (χ1n) is 10.2. The number of carbonyl (C=O) groups is 3. The molecule has 4 amide bonds. The van der Waals surface area contributed by atoms with E-state index < -0.39 is 18.0 Å². The molecule has 1 atom stereocenters. The molecule has 0 aliphatic carbocycles. The molecule has 0 aromatic heterocycles. The number of hydrogen-bond donors (Lipinski definition) is 3. The molecule has 1 heterocycles. The van der Waals surface area contributed by atoms with Crippen molar-refractivity contribution >= 4 is 17.8 Å². The minimum Gasteiger partial charge on any atom is -0.356 e. The van der Waals surface area contributed by atoms with Crippen LogP contribution in [0.1, 0.15) is 12.0 Å². The lowest BCUT2D eigenvalue weighted by atomic mass is 9.99. The summed E-state index contributed by atoms with van der Waals surface area (Å²) in [6.45, 7) is 0.465. The first kappa shape index (κ1) is 20.3. The topological polar surface area (TPSA) is 87.3 Å². The molecule has 156 valence electrons. The van der Waals surface area contributed by atoms with Gasteiger partial charge in [-0.05, 0) is 34.2 Å². The van der Waals surface area contributed by atoms with Crippen LogP contribution in [0.15, 0.2) is 78.9 Å². The molecule has 6 heteroatoms. The maximum Gasteiger partial charge on any atom is 0.322 e. The lowest BCUT2D eigenvalue weighted by molar-refractivity contribution is -0.126. The van der Waals surface area contributed by atoms with Crippen LogP contribution in [0, 0.1) is 0 Å². The van der Waals surface area contributed by atoms with Gasteiger partial charge in [0.15, 0.2) is 0 Å². The van der Waals surface area contributed by atoms with Crippen molar-refractivity contribution in [2.75, 3.05) is 6.54 Å². The Morgan fingerprint density at radius 3 is 1.87 bits per heavy atom. The zero-order chi connectivity index (χ0) is 21.6. The monoisotopic (exact) mass is 413 g/mol. The fourth-order valence-corrected chi connectivity index (χ4v) is 3.56. The molecule has 31 heavy (non-hydrogen) atoms. The molecule has 0 spiro atoms. The average molecular weight is 413 g/mol. The van der Waals surface area contributed by atoms with E-state index in [2.05, 4.69) is 76.6 Å². The van der Waals surface area contributed by atoms with E-state index >= 15 is 0 Å². The second-order valence-electron chi connectivity index (χ2n) is 7.46. The summed E-state index contributed by atoms with van der Waals surface area (Å²) in [6.07, 6.45) is 0.623. The number of benzene rings is 3. The summed E-state index contributed by atoms with van der Waals surface area (Å²) in [5.41, 5.74) is 5.78. The Morgan fingerprint density at radius 2 is 1.32 bits per heavy atom. The highest BCUT2D eigenvalue weighted by atomic mass is 16.2. The van der Waals surface area contributed by atoms with E-state index in [-0.39, 0.29) is 12.3 Å². The third kappa shape index (κ3) is 5.17. The van der Waals surface area contributed by atoms with Crippen LogP contribution in [-0.2, 0) is 16.0 Å². The van der Waals surface area contributed by atoms with Crippen molar-refractivity contribution in [1.82, 2.24) is 16.0 Å². The van der Waals surface area contributed by atoms with Gasteiger partial charge in [0.1, 0.15) is 6.04 Å². The van der Waals surface area contributed by atoms with Gasteiger partial charge in [0.2, 0.25) is 5.91 Å². The van der Waals surface area contributed by atoms with Crippen LogP contribution in [0.3, 0.4) is 0 Å². The Labute approximate surface area is 180 Å². The second kappa shape index (κ2) is 9.26. The van der Waals surface area contributed by atoms with E-state index in [1.54, 1.807) is 0 Å². The maximum absolute atomic E-state index is 12.0. The van der Waals surface area contributed by atoms with E-state index in [1.807, 2.05) is 18.2 Å². The van der Waals surface area contributed by atoms with Gasteiger partial charge in [-0.1, -0.05) is 78.9 Å². The summed E-state index contributed by atoms with van der Waals surface area (Å²) in [6, 6.07) is 25.7. The lowest BCUT2D eigenvalue weighted by Crippen LogP contribution is -2.36. The molecule has 3 N–H and O–H groups in total. The third-order valence-electron chi connectivity index (χ3n) is 5.26. The normalized spacial score (nSPS) is 15.3. The van der Waals surface area contributed by atoms with Crippen molar-refractivity contribution in [3.63, 3.8) is 0 Å². The van der Waals surface area contributed by atoms with Gasteiger partial charge >= 0.3 is 6.03 Å². The SMILES string of the molecule is O=C(CC1NC(=O)NC1=O)NCCc1ccc(-c2ccc(-c3ccccc3)cc2)cc1. The summed E-state index contributed by atoms with van der Waals surface area (Å²) in [4.78, 5) is 34.5. The number of urea groups is 1. The Bertz CT molecular complexity index is 1080. The predicted octanol–water partition coefficient (Wildman–Crippen LogP) is 3.28. The summed E-state index contributed by atoms with van der Waals surface area (Å²) >= 11 is 0. The molecular formula is C25H23N3O3. The molecule has 1 aliphatic rings. The van der Waals surface area contributed by atoms with Gasteiger partial charge in [0, 0.05) is 6.54 Å². The molecule has 0 saturated carbocycles. The number of nitrogens with one attached hydrogen (secondary N) is 3. The van der Waals surface area contributed by atoms with Gasteiger partial charge < -0.3 is 10.6 Å². The van der Waals surface area contributed by atoms with Crippen LogP contribution in [0.4, 0.5) is 4.79 Å². The van der Waals surface area contributed by atoms with Crippen molar-refractivity contribution in [3.8, 4) is 22.3 Å². The van der Waals surface area contributed by atoms with Crippen LogP contribution >= 0.6 is 0 Å². The number of amides is 4. The highest BCUT2D eigenvalue weighted by Gasteiger charge is 2.31. The largest absolute Gasteiger partial charge is 0.356 e. The molecule has 1 fully saturated rings. The van der Waals surface area contributed by atoms with Crippen molar-refractivity contribution in [1.29, 1.82) is 0 Å². The lowest BCUT2D eigenvalue weighted by Gasteiger charge is -2.09. The summed E-state index contributed by atoms with van der Waals surface area (Å²) in [5.74, 6) is -0.731. The Balaban J connectivity index is 1.28. The first-order chi connectivity index (χ1) is 15.1. The molecule has 1 aliphatic heterocycles. The molecular weight excluding hydrogens is 390 g/mol. The summed E-state index contributed by atoms with van der Waals surface area (Å²) in [7, 11) is 0. The third-order valence-corrected chi connectivity index (χ3v) is 5.26. The van der Waals surface area contributed by atoms with E-state index in [9.17, 15) is 14.4 Å². The zero-order valence-corrected chi connectivity index (χ0v) is 16.9. The van der Waals surface area contributed by atoms with Crippen molar-refractivity contribution in [2.45, 2.75) is 18.9 Å². The Hall–Kier alpha value is -3.93. The van der Waals surface area contributed by atoms with E-state index in [0.717, 1.165) is 16.7 Å². The highest BCUT2D eigenvalue weighted by Crippen LogP contribution is 2.25. The average Bonchev–Trinajstić information content (AvgIpc) is 3.11.